The van der Waals surface area contributed by atoms with Gasteiger partial charge in [-0.1, -0.05) is 20.3 Å². The fraction of sp³-hybridized carbons (Fsp3) is 1.00. The molecule has 3 heteroatoms. The molecule has 0 aromatic carbocycles. The molecule has 0 aliphatic carbocycles. The minimum atomic E-state index is 0.335. The number of ether oxygens (including phenoxy) is 2. The van der Waals surface area contributed by atoms with Crippen molar-refractivity contribution in [3.05, 3.63) is 0 Å². The monoisotopic (exact) mass is 243 g/mol. The molecule has 0 aromatic heterocycles. The summed E-state index contributed by atoms with van der Waals surface area (Å²) in [7, 11) is 0. The topological polar surface area (TPSA) is 30.5 Å². The van der Waals surface area contributed by atoms with E-state index in [4.69, 9.17) is 9.47 Å². The maximum absolute atomic E-state index is 5.68. The van der Waals surface area contributed by atoms with Gasteiger partial charge in [-0.25, -0.2) is 0 Å². The van der Waals surface area contributed by atoms with Crippen molar-refractivity contribution in [2.24, 2.45) is 5.41 Å². The first-order chi connectivity index (χ1) is 8.33. The van der Waals surface area contributed by atoms with E-state index in [2.05, 4.69) is 19.2 Å². The van der Waals surface area contributed by atoms with E-state index in [1.807, 2.05) is 0 Å². The molecule has 1 fully saturated rings. The zero-order valence-corrected chi connectivity index (χ0v) is 11.6. The van der Waals surface area contributed by atoms with Gasteiger partial charge < -0.3 is 14.8 Å². The van der Waals surface area contributed by atoms with Gasteiger partial charge in [0.1, 0.15) is 0 Å². The first-order valence-electron chi connectivity index (χ1n) is 7.19. The third-order valence-electron chi connectivity index (χ3n) is 3.53. The smallest absolute Gasteiger partial charge is 0.0536 e. The van der Waals surface area contributed by atoms with Crippen LogP contribution in [-0.4, -0.2) is 39.5 Å². The summed E-state index contributed by atoms with van der Waals surface area (Å²) in [6, 6.07) is 0. The van der Waals surface area contributed by atoms with Crippen LogP contribution in [0.15, 0.2) is 0 Å². The zero-order valence-electron chi connectivity index (χ0n) is 11.6. The molecule has 3 nitrogen and oxygen atoms in total. The molecule has 102 valence electrons. The highest BCUT2D eigenvalue weighted by atomic mass is 16.5. The second-order valence-electron chi connectivity index (χ2n) is 5.20. The fourth-order valence-corrected chi connectivity index (χ4v) is 2.24. The van der Waals surface area contributed by atoms with E-state index >= 15 is 0 Å². The lowest BCUT2D eigenvalue weighted by Crippen LogP contribution is -2.36. The van der Waals surface area contributed by atoms with E-state index in [0.717, 1.165) is 45.9 Å². The van der Waals surface area contributed by atoms with Crippen molar-refractivity contribution in [3.63, 3.8) is 0 Å². The van der Waals surface area contributed by atoms with Gasteiger partial charge in [0.2, 0.25) is 0 Å². The molecule has 0 aromatic rings. The molecule has 1 saturated heterocycles. The largest absolute Gasteiger partial charge is 0.381 e. The van der Waals surface area contributed by atoms with Gasteiger partial charge in [-0.15, -0.1) is 0 Å². The summed E-state index contributed by atoms with van der Waals surface area (Å²) in [4.78, 5) is 0. The molecule has 0 spiro atoms. The predicted molar refractivity (Wildman–Crippen MR) is 71.4 cm³/mol. The van der Waals surface area contributed by atoms with Crippen LogP contribution in [0.1, 0.15) is 46.0 Å². The Bertz CT molecular complexity index is 179. The van der Waals surface area contributed by atoms with Crippen LogP contribution in [0, 0.1) is 5.41 Å². The van der Waals surface area contributed by atoms with Crippen LogP contribution >= 0.6 is 0 Å². The summed E-state index contributed by atoms with van der Waals surface area (Å²) in [6.45, 7) is 10.2. The highest BCUT2D eigenvalue weighted by molar-refractivity contribution is 4.85. The molecular formula is C14H29NO2. The Hall–Kier alpha value is -0.120. The molecule has 1 unspecified atom stereocenters. The minimum absolute atomic E-state index is 0.335. The van der Waals surface area contributed by atoms with E-state index in [0.29, 0.717) is 5.41 Å². The summed E-state index contributed by atoms with van der Waals surface area (Å²) in [6.07, 6.45) is 5.90. The van der Waals surface area contributed by atoms with Gasteiger partial charge >= 0.3 is 0 Å². The average Bonchev–Trinajstić information content (AvgIpc) is 2.79. The van der Waals surface area contributed by atoms with Crippen molar-refractivity contribution in [3.8, 4) is 0 Å². The summed E-state index contributed by atoms with van der Waals surface area (Å²) < 4.78 is 11.3. The van der Waals surface area contributed by atoms with E-state index in [1.165, 1.54) is 25.7 Å². The summed E-state index contributed by atoms with van der Waals surface area (Å²) >= 11 is 0. The second kappa shape index (κ2) is 8.90. The SMILES string of the molecule is CCCCOCCC1(CNCCC)CCOC1. The van der Waals surface area contributed by atoms with Crippen molar-refractivity contribution in [2.75, 3.05) is 39.5 Å². The number of unbranched alkanes of at least 4 members (excludes halogenated alkanes) is 1. The third-order valence-corrected chi connectivity index (χ3v) is 3.53. The first-order valence-corrected chi connectivity index (χ1v) is 7.19. The zero-order chi connectivity index (χ0) is 12.4. The number of rotatable bonds is 10. The molecule has 17 heavy (non-hydrogen) atoms. The van der Waals surface area contributed by atoms with Gasteiger partial charge in [0.25, 0.3) is 0 Å². The molecule has 1 rings (SSSR count). The molecular weight excluding hydrogens is 214 g/mol. The quantitative estimate of drug-likeness (QED) is 0.598. The lowest BCUT2D eigenvalue weighted by molar-refractivity contribution is 0.0790. The first kappa shape index (κ1) is 14.9. The highest BCUT2D eigenvalue weighted by Gasteiger charge is 2.34. The highest BCUT2D eigenvalue weighted by Crippen LogP contribution is 2.31. The molecule has 1 N–H and O–H groups in total. The third kappa shape index (κ3) is 5.84. The molecule has 1 heterocycles. The Morgan fingerprint density at radius 3 is 2.76 bits per heavy atom. The molecule has 0 amide bonds. The Morgan fingerprint density at radius 1 is 1.24 bits per heavy atom. The van der Waals surface area contributed by atoms with Crippen LogP contribution in [0.25, 0.3) is 0 Å². The van der Waals surface area contributed by atoms with E-state index in [9.17, 15) is 0 Å². The number of nitrogens with one attached hydrogen (secondary N) is 1. The molecule has 1 aliphatic heterocycles. The standard InChI is InChI=1S/C14H29NO2/c1-3-5-9-16-10-6-14(7-11-17-13-14)12-15-8-4-2/h15H,3-13H2,1-2H3. The maximum atomic E-state index is 5.68. The summed E-state index contributed by atoms with van der Waals surface area (Å²) in [5.74, 6) is 0. The van der Waals surface area contributed by atoms with E-state index in [-0.39, 0.29) is 0 Å². The molecule has 1 atom stereocenters. The Labute approximate surface area is 106 Å². The van der Waals surface area contributed by atoms with Crippen molar-refractivity contribution in [1.82, 2.24) is 5.32 Å². The van der Waals surface area contributed by atoms with Crippen molar-refractivity contribution < 1.29 is 9.47 Å². The van der Waals surface area contributed by atoms with Crippen molar-refractivity contribution in [2.45, 2.75) is 46.0 Å². The summed E-state index contributed by atoms with van der Waals surface area (Å²) in [5, 5.41) is 3.53. The molecule has 0 saturated carbocycles. The van der Waals surface area contributed by atoms with E-state index < -0.39 is 0 Å². The predicted octanol–water partition coefficient (Wildman–Crippen LogP) is 2.60. The van der Waals surface area contributed by atoms with Gasteiger partial charge in [0.05, 0.1) is 6.61 Å². The van der Waals surface area contributed by atoms with Crippen molar-refractivity contribution >= 4 is 0 Å². The van der Waals surface area contributed by atoms with Gasteiger partial charge in [-0.05, 0) is 32.2 Å². The number of hydrogen-bond acceptors (Lipinski definition) is 3. The van der Waals surface area contributed by atoms with Crippen LogP contribution in [0.3, 0.4) is 0 Å². The average molecular weight is 243 g/mol. The van der Waals surface area contributed by atoms with Gasteiger partial charge in [0.15, 0.2) is 0 Å². The maximum Gasteiger partial charge on any atom is 0.0536 e. The normalized spacial score (nSPS) is 24.4. The van der Waals surface area contributed by atoms with Gasteiger partial charge in [0, 0.05) is 31.8 Å². The van der Waals surface area contributed by atoms with Crippen molar-refractivity contribution in [1.29, 1.82) is 0 Å². The van der Waals surface area contributed by atoms with Gasteiger partial charge in [-0.3, -0.25) is 0 Å². The molecule has 0 bridgehead atoms. The molecule has 0 radical (unpaired) electrons. The lowest BCUT2D eigenvalue weighted by Gasteiger charge is -2.27. The van der Waals surface area contributed by atoms with Crippen LogP contribution in [0.2, 0.25) is 0 Å². The summed E-state index contributed by atoms with van der Waals surface area (Å²) in [5.41, 5.74) is 0.335. The minimum Gasteiger partial charge on any atom is -0.381 e. The van der Waals surface area contributed by atoms with E-state index in [1.54, 1.807) is 0 Å². The lowest BCUT2D eigenvalue weighted by atomic mass is 9.84. The van der Waals surface area contributed by atoms with Gasteiger partial charge in [-0.2, -0.15) is 0 Å². The van der Waals surface area contributed by atoms with Crippen LogP contribution in [0.5, 0.6) is 0 Å². The Morgan fingerprint density at radius 2 is 2.12 bits per heavy atom. The Balaban J connectivity index is 2.17. The molecule has 1 aliphatic rings. The fourth-order valence-electron chi connectivity index (χ4n) is 2.24. The van der Waals surface area contributed by atoms with Crippen LogP contribution < -0.4 is 5.32 Å². The Kier molecular flexibility index (Phi) is 7.82. The second-order valence-corrected chi connectivity index (χ2v) is 5.20. The van der Waals surface area contributed by atoms with Crippen LogP contribution in [0.4, 0.5) is 0 Å². The van der Waals surface area contributed by atoms with Crippen LogP contribution in [-0.2, 0) is 9.47 Å². The number of hydrogen-bond donors (Lipinski definition) is 1.